The molecule has 0 bridgehead atoms. The molecule has 1 rings (SSSR count). The zero-order valence-electron chi connectivity index (χ0n) is 12.6. The number of hydrogen-bond donors (Lipinski definition) is 0. The van der Waals surface area contributed by atoms with E-state index in [0.29, 0.717) is 0 Å². The van der Waals surface area contributed by atoms with Gasteiger partial charge in [-0.15, -0.1) is 0 Å². The van der Waals surface area contributed by atoms with Crippen LogP contribution in [-0.2, 0) is 14.3 Å². The van der Waals surface area contributed by atoms with Crippen LogP contribution in [-0.4, -0.2) is 25.0 Å². The van der Waals surface area contributed by atoms with Crippen molar-refractivity contribution in [2.24, 2.45) is 0 Å². The molecule has 0 aromatic heterocycles. The Labute approximate surface area is 135 Å². The van der Waals surface area contributed by atoms with Crippen LogP contribution in [0.25, 0.3) is 0 Å². The molecule has 0 amide bonds. The van der Waals surface area contributed by atoms with E-state index in [-0.39, 0.29) is 13.2 Å². The van der Waals surface area contributed by atoms with Crippen LogP contribution in [0.2, 0.25) is 5.02 Å². The number of halogens is 4. The van der Waals surface area contributed by atoms with Gasteiger partial charge in [0.2, 0.25) is 5.78 Å². The Morgan fingerprint density at radius 3 is 2.22 bits per heavy atom. The summed E-state index contributed by atoms with van der Waals surface area (Å²) in [6, 6.07) is 0. The SMILES string of the molecule is CCO/C=C(\C(=O)OCC)C(=O)c1c(C)c(F)c(F)c(Cl)c1F. The zero-order chi connectivity index (χ0) is 17.7. The van der Waals surface area contributed by atoms with E-state index in [0.717, 1.165) is 13.2 Å². The van der Waals surface area contributed by atoms with Gasteiger partial charge in [-0.1, -0.05) is 11.6 Å². The Bertz CT molecular complexity index is 642. The Morgan fingerprint density at radius 2 is 1.70 bits per heavy atom. The van der Waals surface area contributed by atoms with Crippen LogP contribution in [0.5, 0.6) is 0 Å². The Balaban J connectivity index is 3.49. The summed E-state index contributed by atoms with van der Waals surface area (Å²) in [5, 5.41) is -1.17. The lowest BCUT2D eigenvalue weighted by atomic mass is 9.98. The van der Waals surface area contributed by atoms with Gasteiger partial charge in [0.15, 0.2) is 17.5 Å². The molecule has 0 N–H and O–H groups in total. The first-order valence-corrected chi connectivity index (χ1v) is 7.01. The van der Waals surface area contributed by atoms with Crippen LogP contribution < -0.4 is 0 Å². The molecule has 8 heteroatoms. The second-order valence-corrected chi connectivity index (χ2v) is 4.67. The van der Waals surface area contributed by atoms with Crippen LogP contribution >= 0.6 is 11.6 Å². The molecule has 0 saturated heterocycles. The fourth-order valence-corrected chi connectivity index (χ4v) is 1.89. The molecule has 0 aliphatic carbocycles. The van der Waals surface area contributed by atoms with Gasteiger partial charge in [-0.25, -0.2) is 18.0 Å². The first kappa shape index (κ1) is 19.0. The maximum absolute atomic E-state index is 14.1. The average Bonchev–Trinajstić information content (AvgIpc) is 2.52. The second kappa shape index (κ2) is 8.01. The molecular formula is C15H14ClF3O4. The number of esters is 1. The number of ether oxygens (including phenoxy) is 2. The summed E-state index contributed by atoms with van der Waals surface area (Å²) in [4.78, 5) is 24.2. The summed E-state index contributed by atoms with van der Waals surface area (Å²) in [5.41, 5.74) is -2.12. The molecule has 1 aromatic rings. The van der Waals surface area contributed by atoms with Crippen molar-refractivity contribution >= 4 is 23.4 Å². The average molecular weight is 351 g/mol. The summed E-state index contributed by atoms with van der Waals surface area (Å²) < 4.78 is 50.7. The van der Waals surface area contributed by atoms with Gasteiger partial charge in [-0.2, -0.15) is 0 Å². The molecule has 4 nitrogen and oxygen atoms in total. The first-order valence-electron chi connectivity index (χ1n) is 6.63. The van der Waals surface area contributed by atoms with E-state index in [1.54, 1.807) is 6.92 Å². The summed E-state index contributed by atoms with van der Waals surface area (Å²) in [6.45, 7) is 4.16. The molecule has 0 saturated carbocycles. The minimum absolute atomic E-state index is 0.0461. The molecule has 0 heterocycles. The Morgan fingerprint density at radius 1 is 1.09 bits per heavy atom. The highest BCUT2D eigenvalue weighted by molar-refractivity contribution is 6.32. The quantitative estimate of drug-likeness (QED) is 0.115. The summed E-state index contributed by atoms with van der Waals surface area (Å²) in [6.07, 6.45) is 0.786. The molecule has 0 fully saturated rings. The van der Waals surface area contributed by atoms with Crippen molar-refractivity contribution in [1.82, 2.24) is 0 Å². The first-order chi connectivity index (χ1) is 10.8. The third kappa shape index (κ3) is 3.85. The highest BCUT2D eigenvalue weighted by atomic mass is 35.5. The van der Waals surface area contributed by atoms with E-state index in [1.165, 1.54) is 6.92 Å². The number of benzene rings is 1. The predicted octanol–water partition coefficient (Wildman–Crippen LogP) is 3.73. The fraction of sp³-hybridized carbons (Fsp3) is 0.333. The van der Waals surface area contributed by atoms with Gasteiger partial charge in [-0.3, -0.25) is 4.79 Å². The summed E-state index contributed by atoms with van der Waals surface area (Å²) >= 11 is 5.34. The van der Waals surface area contributed by atoms with Gasteiger partial charge in [0.1, 0.15) is 16.9 Å². The monoisotopic (exact) mass is 350 g/mol. The van der Waals surface area contributed by atoms with Crippen molar-refractivity contribution in [3.63, 3.8) is 0 Å². The molecule has 0 aliphatic rings. The highest BCUT2D eigenvalue weighted by Gasteiger charge is 2.31. The van der Waals surface area contributed by atoms with Gasteiger partial charge >= 0.3 is 5.97 Å². The number of hydrogen-bond acceptors (Lipinski definition) is 4. The number of carbonyl (C=O) groups is 2. The number of carbonyl (C=O) groups excluding carboxylic acids is 2. The van der Waals surface area contributed by atoms with Gasteiger partial charge in [0.05, 0.1) is 18.8 Å². The van der Waals surface area contributed by atoms with E-state index >= 15 is 0 Å². The molecule has 1 aromatic carbocycles. The van der Waals surface area contributed by atoms with Crippen molar-refractivity contribution in [3.8, 4) is 0 Å². The normalized spacial score (nSPS) is 11.3. The van der Waals surface area contributed by atoms with Crippen molar-refractivity contribution in [2.75, 3.05) is 13.2 Å². The van der Waals surface area contributed by atoms with Crippen molar-refractivity contribution in [2.45, 2.75) is 20.8 Å². The van der Waals surface area contributed by atoms with E-state index in [1.807, 2.05) is 0 Å². The molecule has 0 radical (unpaired) electrons. The largest absolute Gasteiger partial charge is 0.500 e. The molecule has 0 atom stereocenters. The van der Waals surface area contributed by atoms with Crippen LogP contribution in [0.1, 0.15) is 29.8 Å². The molecule has 0 aliphatic heterocycles. The van der Waals surface area contributed by atoms with E-state index in [9.17, 15) is 22.8 Å². The molecule has 0 unspecified atom stereocenters. The van der Waals surface area contributed by atoms with Gasteiger partial charge in [0, 0.05) is 5.56 Å². The Hall–Kier alpha value is -2.02. The molecular weight excluding hydrogens is 337 g/mol. The van der Waals surface area contributed by atoms with Crippen molar-refractivity contribution in [3.05, 3.63) is 45.4 Å². The second-order valence-electron chi connectivity index (χ2n) is 4.29. The highest BCUT2D eigenvalue weighted by Crippen LogP contribution is 2.30. The Kier molecular flexibility index (Phi) is 6.62. The maximum Gasteiger partial charge on any atom is 0.345 e. The minimum Gasteiger partial charge on any atom is -0.500 e. The summed E-state index contributed by atoms with van der Waals surface area (Å²) in [5.74, 6) is -6.83. The summed E-state index contributed by atoms with van der Waals surface area (Å²) in [7, 11) is 0. The van der Waals surface area contributed by atoms with Crippen molar-refractivity contribution in [1.29, 1.82) is 0 Å². The van der Waals surface area contributed by atoms with Gasteiger partial charge in [-0.05, 0) is 20.8 Å². The van der Waals surface area contributed by atoms with E-state index < -0.39 is 50.9 Å². The molecule has 126 valence electrons. The number of Topliss-reactive ketones (excluding diaryl/α,β-unsaturated/α-hetero) is 1. The zero-order valence-corrected chi connectivity index (χ0v) is 13.4. The standard InChI is InChI=1S/C15H14ClF3O4/c1-4-22-6-8(15(21)23-5-2)14(20)9-7(3)11(17)13(19)10(16)12(9)18/h6H,4-5H2,1-3H3/b8-6-. The van der Waals surface area contributed by atoms with Crippen LogP contribution in [0.3, 0.4) is 0 Å². The van der Waals surface area contributed by atoms with Crippen LogP contribution in [0.4, 0.5) is 13.2 Å². The van der Waals surface area contributed by atoms with Crippen LogP contribution in [0.15, 0.2) is 11.8 Å². The predicted molar refractivity (Wildman–Crippen MR) is 76.7 cm³/mol. The van der Waals surface area contributed by atoms with Crippen LogP contribution in [0, 0.1) is 24.4 Å². The smallest absolute Gasteiger partial charge is 0.345 e. The topological polar surface area (TPSA) is 52.6 Å². The number of rotatable bonds is 6. The van der Waals surface area contributed by atoms with E-state index in [4.69, 9.17) is 16.3 Å². The lowest BCUT2D eigenvalue weighted by Crippen LogP contribution is -2.20. The fourth-order valence-electron chi connectivity index (χ4n) is 1.72. The van der Waals surface area contributed by atoms with Gasteiger partial charge in [0.25, 0.3) is 0 Å². The van der Waals surface area contributed by atoms with E-state index in [2.05, 4.69) is 4.74 Å². The minimum atomic E-state index is -1.61. The van der Waals surface area contributed by atoms with Gasteiger partial charge < -0.3 is 9.47 Å². The number of ketones is 1. The maximum atomic E-state index is 14.1. The lowest BCUT2D eigenvalue weighted by Gasteiger charge is -2.12. The third-order valence-corrected chi connectivity index (χ3v) is 3.17. The molecule has 23 heavy (non-hydrogen) atoms. The lowest BCUT2D eigenvalue weighted by molar-refractivity contribution is -0.138. The third-order valence-electron chi connectivity index (χ3n) is 2.84. The van der Waals surface area contributed by atoms with Crippen molar-refractivity contribution < 1.29 is 32.2 Å². The molecule has 0 spiro atoms.